The van der Waals surface area contributed by atoms with E-state index in [4.69, 9.17) is 32.7 Å². The van der Waals surface area contributed by atoms with Crippen molar-refractivity contribution in [2.75, 3.05) is 7.11 Å². The van der Waals surface area contributed by atoms with Gasteiger partial charge in [-0.05, 0) is 48.0 Å². The molecule has 6 heteroatoms. The van der Waals surface area contributed by atoms with Crippen molar-refractivity contribution in [3.8, 4) is 11.5 Å². The molecule has 3 aromatic rings. The van der Waals surface area contributed by atoms with Crippen LogP contribution in [0.4, 0.5) is 0 Å². The molecular formula is C23H16Cl2O3S. The van der Waals surface area contributed by atoms with Crippen LogP contribution in [-0.4, -0.2) is 12.9 Å². The summed E-state index contributed by atoms with van der Waals surface area (Å²) in [6, 6.07) is 18.5. The summed E-state index contributed by atoms with van der Waals surface area (Å²) in [6.45, 7) is 0.288. The molecule has 0 saturated carbocycles. The second-order valence-electron chi connectivity index (χ2n) is 6.37. The zero-order valence-electron chi connectivity index (χ0n) is 15.4. The van der Waals surface area contributed by atoms with Gasteiger partial charge in [-0.15, -0.1) is 0 Å². The first-order chi connectivity index (χ1) is 14.0. The lowest BCUT2D eigenvalue weighted by atomic mass is 10.1. The van der Waals surface area contributed by atoms with E-state index >= 15 is 0 Å². The number of rotatable bonds is 5. The maximum atomic E-state index is 12.6. The third-order valence-electron chi connectivity index (χ3n) is 4.46. The Bertz CT molecular complexity index is 1120. The Balaban J connectivity index is 1.54. The second-order valence-corrected chi connectivity index (χ2v) is 8.30. The predicted molar refractivity (Wildman–Crippen MR) is 118 cm³/mol. The molecular weight excluding hydrogens is 427 g/mol. The average Bonchev–Trinajstić information content (AvgIpc) is 3.03. The maximum absolute atomic E-state index is 12.6. The normalized spacial score (nSPS) is 14.2. The van der Waals surface area contributed by atoms with E-state index < -0.39 is 0 Å². The summed E-state index contributed by atoms with van der Waals surface area (Å²) in [4.78, 5) is 14.2. The zero-order valence-corrected chi connectivity index (χ0v) is 17.8. The van der Waals surface area contributed by atoms with Crippen LogP contribution in [0.15, 0.2) is 70.5 Å². The van der Waals surface area contributed by atoms with Gasteiger partial charge in [0.1, 0.15) is 6.61 Å². The van der Waals surface area contributed by atoms with Gasteiger partial charge in [-0.25, -0.2) is 0 Å². The number of Topliss-reactive ketones (excluding diaryl/α,β-unsaturated/α-hetero) is 1. The number of benzene rings is 3. The molecule has 3 nitrogen and oxygen atoms in total. The van der Waals surface area contributed by atoms with Crippen molar-refractivity contribution >= 4 is 46.8 Å². The Labute approximate surface area is 183 Å². The van der Waals surface area contributed by atoms with Crippen molar-refractivity contribution in [2.45, 2.75) is 11.5 Å². The molecule has 0 saturated heterocycles. The number of allylic oxidation sites excluding steroid dienone is 1. The average molecular weight is 443 g/mol. The molecule has 0 aromatic heterocycles. The van der Waals surface area contributed by atoms with Crippen LogP contribution in [0.25, 0.3) is 6.08 Å². The SMILES string of the molecule is COc1cc(/C=C2/Sc3ccccc3C2=O)ccc1OCc1ccc(Cl)cc1Cl. The highest BCUT2D eigenvalue weighted by Crippen LogP contribution is 2.41. The van der Waals surface area contributed by atoms with E-state index in [1.807, 2.05) is 54.6 Å². The number of methoxy groups -OCH3 is 1. The van der Waals surface area contributed by atoms with E-state index in [0.717, 1.165) is 21.6 Å². The number of carbonyl (C=O) groups is 1. The van der Waals surface area contributed by atoms with Crippen LogP contribution in [-0.2, 0) is 6.61 Å². The van der Waals surface area contributed by atoms with E-state index in [9.17, 15) is 4.79 Å². The highest BCUT2D eigenvalue weighted by atomic mass is 35.5. The lowest BCUT2D eigenvalue weighted by Crippen LogP contribution is -1.99. The number of fused-ring (bicyclic) bond motifs is 1. The molecule has 1 aliphatic heterocycles. The summed E-state index contributed by atoms with van der Waals surface area (Å²) >= 11 is 13.6. The van der Waals surface area contributed by atoms with E-state index in [-0.39, 0.29) is 12.4 Å². The first-order valence-electron chi connectivity index (χ1n) is 8.83. The summed E-state index contributed by atoms with van der Waals surface area (Å²) in [7, 11) is 1.58. The molecule has 1 heterocycles. The number of thioether (sulfide) groups is 1. The predicted octanol–water partition coefficient (Wildman–Crippen LogP) is 6.91. The topological polar surface area (TPSA) is 35.5 Å². The number of carbonyl (C=O) groups excluding carboxylic acids is 1. The molecule has 0 bridgehead atoms. The van der Waals surface area contributed by atoms with Gasteiger partial charge >= 0.3 is 0 Å². The lowest BCUT2D eigenvalue weighted by Gasteiger charge is -2.12. The molecule has 0 unspecified atom stereocenters. The van der Waals surface area contributed by atoms with Crippen LogP contribution < -0.4 is 9.47 Å². The maximum Gasteiger partial charge on any atom is 0.200 e. The molecule has 0 atom stereocenters. The van der Waals surface area contributed by atoms with Crippen LogP contribution in [0.1, 0.15) is 21.5 Å². The number of hydrogen-bond acceptors (Lipinski definition) is 4. The summed E-state index contributed by atoms with van der Waals surface area (Å²) in [5.74, 6) is 1.22. The molecule has 0 aliphatic carbocycles. The molecule has 146 valence electrons. The van der Waals surface area contributed by atoms with Crippen LogP contribution in [0.5, 0.6) is 11.5 Å². The van der Waals surface area contributed by atoms with Gasteiger partial charge in [-0.2, -0.15) is 0 Å². The molecule has 0 N–H and O–H groups in total. The van der Waals surface area contributed by atoms with Gasteiger partial charge < -0.3 is 9.47 Å². The third-order valence-corrected chi connectivity index (χ3v) is 6.15. The summed E-state index contributed by atoms with van der Waals surface area (Å²) in [6.07, 6.45) is 1.87. The quantitative estimate of drug-likeness (QED) is 0.402. The van der Waals surface area contributed by atoms with Gasteiger partial charge in [0.15, 0.2) is 11.5 Å². The van der Waals surface area contributed by atoms with Crippen molar-refractivity contribution < 1.29 is 14.3 Å². The van der Waals surface area contributed by atoms with Crippen molar-refractivity contribution in [2.24, 2.45) is 0 Å². The fraction of sp³-hybridized carbons (Fsp3) is 0.0870. The third kappa shape index (κ3) is 4.30. The van der Waals surface area contributed by atoms with Gasteiger partial charge in [0, 0.05) is 26.1 Å². The van der Waals surface area contributed by atoms with Crippen LogP contribution in [0.2, 0.25) is 10.0 Å². The minimum atomic E-state index is 0.0438. The Morgan fingerprint density at radius 3 is 2.59 bits per heavy atom. The van der Waals surface area contributed by atoms with Gasteiger partial charge in [0.05, 0.1) is 12.0 Å². The van der Waals surface area contributed by atoms with Crippen molar-refractivity contribution in [1.82, 2.24) is 0 Å². The Kier molecular flexibility index (Phi) is 5.86. The Morgan fingerprint density at radius 1 is 1.00 bits per heavy atom. The number of ketones is 1. The standard InChI is InChI=1S/C23H16Cl2O3S/c1-27-20-10-14(11-22-23(26)17-4-2-3-5-21(17)29-22)6-9-19(20)28-13-15-7-8-16(24)12-18(15)25/h2-12H,13H2,1H3/b22-11+. The first-order valence-corrected chi connectivity index (χ1v) is 10.4. The molecule has 3 aromatic carbocycles. The smallest absolute Gasteiger partial charge is 0.200 e. The minimum absolute atomic E-state index is 0.0438. The van der Waals surface area contributed by atoms with Crippen LogP contribution >= 0.6 is 35.0 Å². The van der Waals surface area contributed by atoms with Gasteiger partial charge in [-0.1, -0.05) is 59.2 Å². The highest BCUT2D eigenvalue weighted by molar-refractivity contribution is 8.04. The fourth-order valence-corrected chi connectivity index (χ4v) is 4.49. The molecule has 0 fully saturated rings. The van der Waals surface area contributed by atoms with Crippen LogP contribution in [0.3, 0.4) is 0 Å². The fourth-order valence-electron chi connectivity index (χ4n) is 2.97. The van der Waals surface area contributed by atoms with E-state index in [1.165, 1.54) is 11.8 Å². The monoisotopic (exact) mass is 442 g/mol. The molecule has 0 radical (unpaired) electrons. The Morgan fingerprint density at radius 2 is 1.83 bits per heavy atom. The van der Waals surface area contributed by atoms with Gasteiger partial charge in [0.2, 0.25) is 5.78 Å². The summed E-state index contributed by atoms with van der Waals surface area (Å²) < 4.78 is 11.4. The van der Waals surface area contributed by atoms with Crippen LogP contribution in [0, 0.1) is 0 Å². The summed E-state index contributed by atoms with van der Waals surface area (Å²) in [5, 5.41) is 1.13. The Hall–Kier alpha value is -2.40. The molecule has 0 spiro atoms. The van der Waals surface area contributed by atoms with Gasteiger partial charge in [-0.3, -0.25) is 4.79 Å². The highest BCUT2D eigenvalue weighted by Gasteiger charge is 2.25. The minimum Gasteiger partial charge on any atom is -0.493 e. The van der Waals surface area contributed by atoms with E-state index in [0.29, 0.717) is 26.4 Å². The molecule has 0 amide bonds. The van der Waals surface area contributed by atoms with E-state index in [1.54, 1.807) is 19.2 Å². The largest absolute Gasteiger partial charge is 0.493 e. The second kappa shape index (κ2) is 8.54. The molecule has 29 heavy (non-hydrogen) atoms. The van der Waals surface area contributed by atoms with E-state index in [2.05, 4.69) is 0 Å². The number of ether oxygens (including phenoxy) is 2. The molecule has 4 rings (SSSR count). The zero-order chi connectivity index (χ0) is 20.4. The molecule has 1 aliphatic rings. The number of halogens is 2. The first kappa shape index (κ1) is 19.9. The van der Waals surface area contributed by atoms with Gasteiger partial charge in [0.25, 0.3) is 0 Å². The van der Waals surface area contributed by atoms with Crippen molar-refractivity contribution in [1.29, 1.82) is 0 Å². The number of hydrogen-bond donors (Lipinski definition) is 0. The lowest BCUT2D eigenvalue weighted by molar-refractivity contribution is 0.104. The van der Waals surface area contributed by atoms with Crippen molar-refractivity contribution in [3.05, 3.63) is 92.3 Å². The summed E-state index contributed by atoms with van der Waals surface area (Å²) in [5.41, 5.74) is 2.44. The van der Waals surface area contributed by atoms with Crippen molar-refractivity contribution in [3.63, 3.8) is 0 Å².